The molecule has 0 radical (unpaired) electrons. The third-order valence-corrected chi connectivity index (χ3v) is 14.4. The molecule has 2 aromatic carbocycles. The maximum Gasteiger partial charge on any atom is 0.344 e. The van der Waals surface area contributed by atoms with Gasteiger partial charge in [-0.2, -0.15) is 0 Å². The number of hydrogen-bond acceptors (Lipinski definition) is 12. The molecule has 4 rings (SSSR count). The topological polar surface area (TPSA) is 183 Å². The molecule has 0 fully saturated rings. The van der Waals surface area contributed by atoms with E-state index < -0.39 is 33.2 Å². The summed E-state index contributed by atoms with van der Waals surface area (Å²) in [6.45, 7) is 7.39. The van der Waals surface area contributed by atoms with Crippen molar-refractivity contribution in [3.63, 3.8) is 0 Å². The van der Waals surface area contributed by atoms with Crippen LogP contribution in [0, 0.1) is 5.92 Å². The van der Waals surface area contributed by atoms with Crippen molar-refractivity contribution >= 4 is 37.9 Å². The quantitative estimate of drug-likeness (QED) is 0.0246. The van der Waals surface area contributed by atoms with Crippen LogP contribution < -0.4 is 20.7 Å². The van der Waals surface area contributed by atoms with Crippen molar-refractivity contribution in [2.75, 3.05) is 32.7 Å². The summed E-state index contributed by atoms with van der Waals surface area (Å²) in [6, 6.07) is 11.1. The molecular formula is C56H87NO12S. The van der Waals surface area contributed by atoms with E-state index in [4.69, 9.17) is 23.0 Å². The zero-order valence-corrected chi connectivity index (χ0v) is 44.0. The fourth-order valence-corrected chi connectivity index (χ4v) is 9.34. The normalized spacial score (nSPS) is 12.0. The van der Waals surface area contributed by atoms with Gasteiger partial charge in [-0.1, -0.05) is 181 Å². The Bertz CT molecular complexity index is 2270. The smallest absolute Gasteiger partial charge is 0.344 e. The number of fused-ring (bicyclic) bond motifs is 2. The van der Waals surface area contributed by atoms with E-state index in [1.807, 2.05) is 0 Å². The Balaban J connectivity index is 0.000000373. The molecule has 70 heavy (non-hydrogen) atoms. The first-order valence-corrected chi connectivity index (χ1v) is 28.4. The number of ether oxygens (including phenoxy) is 3. The molecule has 0 bridgehead atoms. The van der Waals surface area contributed by atoms with Crippen molar-refractivity contribution < 1.29 is 46.5 Å². The van der Waals surface area contributed by atoms with Gasteiger partial charge in [-0.15, -0.1) is 0 Å². The van der Waals surface area contributed by atoms with Crippen LogP contribution in [0.3, 0.4) is 0 Å². The number of nitrogens with zero attached hydrogens (tertiary/aromatic N) is 1. The molecule has 0 aliphatic carbocycles. The molecule has 4 aromatic rings. The Morgan fingerprint density at radius 3 is 1.54 bits per heavy atom. The van der Waals surface area contributed by atoms with Gasteiger partial charge in [0.15, 0.2) is 6.61 Å². The van der Waals surface area contributed by atoms with Gasteiger partial charge in [0, 0.05) is 19.7 Å². The lowest BCUT2D eigenvalue weighted by Crippen LogP contribution is -2.32. The van der Waals surface area contributed by atoms with E-state index in [9.17, 15) is 33.0 Å². The Kier molecular flexibility index (Phi) is 30.3. The summed E-state index contributed by atoms with van der Waals surface area (Å²) < 4.78 is 53.1. The second-order valence-electron chi connectivity index (χ2n) is 19.0. The molecule has 2 N–H and O–H groups in total. The summed E-state index contributed by atoms with van der Waals surface area (Å²) in [7, 11) is -2.00. The fourth-order valence-electron chi connectivity index (χ4n) is 8.46. The van der Waals surface area contributed by atoms with Crippen LogP contribution in [0.2, 0.25) is 0 Å². The molecule has 13 nitrogen and oxygen atoms in total. The largest absolute Gasteiger partial charge is 0.507 e. The first-order chi connectivity index (χ1) is 33.9. The maximum absolute atomic E-state index is 12.6. The highest BCUT2D eigenvalue weighted by molar-refractivity contribution is 7.88. The van der Waals surface area contributed by atoms with Crippen molar-refractivity contribution in [3.8, 4) is 23.0 Å². The number of sulfonamides is 1. The number of carbonyl (C=O) groups excluding carboxylic acids is 1. The number of rotatable bonds is 38. The SMILES string of the molecule is CCCCCCCCC(CCCCCC)COC(=O)COc1ccc2c(O)cc(=O)oc2c1.CCCCCCCCCCCCCCCCCCN(C)S(=O)(=O)COc1ccc2oc(=O)cc(O)c2c1. The van der Waals surface area contributed by atoms with E-state index in [2.05, 4.69) is 20.8 Å². The van der Waals surface area contributed by atoms with Gasteiger partial charge in [0.2, 0.25) is 16.0 Å². The molecule has 2 heterocycles. The van der Waals surface area contributed by atoms with E-state index in [1.54, 1.807) is 19.2 Å². The van der Waals surface area contributed by atoms with Crippen molar-refractivity contribution in [1.82, 2.24) is 4.31 Å². The molecule has 0 saturated carbocycles. The molecule has 1 atom stereocenters. The summed E-state index contributed by atoms with van der Waals surface area (Å²) in [6.07, 6.45) is 35.2. The average molecular weight is 998 g/mol. The van der Waals surface area contributed by atoms with Gasteiger partial charge in [0.05, 0.1) is 29.5 Å². The van der Waals surface area contributed by atoms with Gasteiger partial charge in [0.25, 0.3) is 0 Å². The maximum atomic E-state index is 12.6. The van der Waals surface area contributed by atoms with Crippen LogP contribution in [-0.2, 0) is 19.6 Å². The summed E-state index contributed by atoms with van der Waals surface area (Å²) in [5.41, 5.74) is -0.887. The molecule has 0 aliphatic heterocycles. The van der Waals surface area contributed by atoms with Gasteiger partial charge >= 0.3 is 17.2 Å². The van der Waals surface area contributed by atoms with E-state index >= 15 is 0 Å². The van der Waals surface area contributed by atoms with Crippen molar-refractivity contribution in [3.05, 3.63) is 69.4 Å². The minimum atomic E-state index is -3.57. The first kappa shape index (κ1) is 59.7. The molecule has 394 valence electrons. The van der Waals surface area contributed by atoms with Gasteiger partial charge in [0.1, 0.15) is 34.2 Å². The molecule has 0 spiro atoms. The van der Waals surface area contributed by atoms with Crippen molar-refractivity contribution in [2.24, 2.45) is 5.92 Å². The van der Waals surface area contributed by atoms with Gasteiger partial charge in [-0.25, -0.2) is 27.1 Å². The monoisotopic (exact) mass is 998 g/mol. The minimum absolute atomic E-state index is 0.150. The molecular weight excluding hydrogens is 911 g/mol. The van der Waals surface area contributed by atoms with Crippen LogP contribution in [0.15, 0.2) is 67.0 Å². The van der Waals surface area contributed by atoms with Crippen LogP contribution in [0.1, 0.15) is 201 Å². The number of aromatic hydroxyl groups is 2. The van der Waals surface area contributed by atoms with Gasteiger partial charge in [-0.3, -0.25) is 0 Å². The Morgan fingerprint density at radius 2 is 1.00 bits per heavy atom. The van der Waals surface area contributed by atoms with Gasteiger partial charge < -0.3 is 33.3 Å². The second kappa shape index (κ2) is 35.5. The van der Waals surface area contributed by atoms with Crippen LogP contribution in [0.4, 0.5) is 0 Å². The molecule has 0 saturated heterocycles. The number of hydrogen-bond donors (Lipinski definition) is 2. The first-order valence-electron chi connectivity index (χ1n) is 26.8. The average Bonchev–Trinajstić information content (AvgIpc) is 3.33. The zero-order valence-electron chi connectivity index (χ0n) is 43.2. The summed E-state index contributed by atoms with van der Waals surface area (Å²) >= 11 is 0. The molecule has 1 unspecified atom stereocenters. The predicted molar refractivity (Wildman–Crippen MR) is 282 cm³/mol. The fraction of sp³-hybridized carbons (Fsp3) is 0.661. The standard InChI is InChI=1S/C29H47NO6S.C27H40O6/c1-3-4-5-6-7-8-9-10-11-12-13-14-15-16-17-18-21-30(2)37(33,34)24-35-25-19-20-28-26(22-25)27(31)23-29(32)36-28;1-3-5-7-9-10-12-14-21(13-11-8-6-4-2)19-32-27(30)20-31-22-15-16-23-24(28)18-26(29)33-25(23)17-22/h19-20,22-23,31H,3-18,21,24H2,1-2H3;15-18,21,28H,3-14,19-20H2,1-2H3. The minimum Gasteiger partial charge on any atom is -0.507 e. The van der Waals surface area contributed by atoms with Gasteiger partial charge in [-0.05, 0) is 55.5 Å². The molecule has 0 aliphatic rings. The molecule has 14 heteroatoms. The van der Waals surface area contributed by atoms with Crippen LogP contribution in [-0.4, -0.2) is 61.7 Å². The van der Waals surface area contributed by atoms with E-state index in [-0.39, 0.29) is 40.4 Å². The third kappa shape index (κ3) is 25.0. The van der Waals surface area contributed by atoms with E-state index in [0.717, 1.165) is 44.2 Å². The molecule has 2 aromatic heterocycles. The summed E-state index contributed by atoms with van der Waals surface area (Å²) in [4.78, 5) is 35.0. The lowest BCUT2D eigenvalue weighted by atomic mass is 9.95. The van der Waals surface area contributed by atoms with Crippen LogP contribution >= 0.6 is 0 Å². The Morgan fingerprint density at radius 1 is 0.557 bits per heavy atom. The zero-order chi connectivity index (χ0) is 50.8. The van der Waals surface area contributed by atoms with Crippen molar-refractivity contribution in [1.29, 1.82) is 0 Å². The lowest BCUT2D eigenvalue weighted by molar-refractivity contribution is -0.147. The lowest BCUT2D eigenvalue weighted by Gasteiger charge is -2.17. The summed E-state index contributed by atoms with van der Waals surface area (Å²) in [5.74, 6) is -0.246. The Labute approximate surface area is 418 Å². The number of carbonyl (C=O) groups is 1. The molecule has 0 amide bonds. The highest BCUT2D eigenvalue weighted by atomic mass is 32.2. The highest BCUT2D eigenvalue weighted by Crippen LogP contribution is 2.28. The van der Waals surface area contributed by atoms with Crippen LogP contribution in [0.25, 0.3) is 21.9 Å². The van der Waals surface area contributed by atoms with Crippen molar-refractivity contribution in [2.45, 2.75) is 201 Å². The van der Waals surface area contributed by atoms with E-state index in [0.29, 0.717) is 30.2 Å². The van der Waals surface area contributed by atoms with Crippen LogP contribution in [0.5, 0.6) is 23.0 Å². The number of unbranched alkanes of at least 4 members (excludes halogenated alkanes) is 23. The summed E-state index contributed by atoms with van der Waals surface area (Å²) in [5, 5.41) is 20.4. The Hall–Kier alpha value is -4.56. The number of esters is 1. The third-order valence-electron chi connectivity index (χ3n) is 12.8. The second-order valence-corrected chi connectivity index (χ2v) is 21.0. The predicted octanol–water partition coefficient (Wildman–Crippen LogP) is 14.1. The highest BCUT2D eigenvalue weighted by Gasteiger charge is 2.19. The van der Waals surface area contributed by atoms with E-state index in [1.165, 1.54) is 176 Å². The number of benzene rings is 2.